The van der Waals surface area contributed by atoms with Crippen molar-refractivity contribution in [3.8, 4) is 0 Å². The molecule has 4 nitrogen and oxygen atoms in total. The van der Waals surface area contributed by atoms with Gasteiger partial charge in [0.15, 0.2) is 0 Å². The quantitative estimate of drug-likeness (QED) is 0.481. The molecule has 104 valence electrons. The molecule has 0 amide bonds. The lowest BCUT2D eigenvalue weighted by Gasteiger charge is -2.00. The topological polar surface area (TPSA) is 43.0 Å². The molecule has 0 saturated heterocycles. The Morgan fingerprint density at radius 3 is 2.48 bits per heavy atom. The van der Waals surface area contributed by atoms with Gasteiger partial charge in [-0.3, -0.25) is 9.59 Å². The predicted molar refractivity (Wildman–Crippen MR) is 87.0 cm³/mol. The van der Waals surface area contributed by atoms with Crippen LogP contribution in [0.5, 0.6) is 0 Å². The van der Waals surface area contributed by atoms with E-state index in [1.54, 1.807) is 28.8 Å². The van der Waals surface area contributed by atoms with Crippen molar-refractivity contribution >= 4 is 49.3 Å². The number of benzene rings is 2. The summed E-state index contributed by atoms with van der Waals surface area (Å²) in [5.74, 6) is 0. The van der Waals surface area contributed by atoms with Gasteiger partial charge in [-0.25, -0.2) is 4.52 Å². The first-order valence-corrected chi connectivity index (χ1v) is 7.44. The van der Waals surface area contributed by atoms with Gasteiger partial charge in [0.25, 0.3) is 11.1 Å². The van der Waals surface area contributed by atoms with E-state index in [1.165, 1.54) is 4.52 Å². The second kappa shape index (κ2) is 4.08. The van der Waals surface area contributed by atoms with Crippen molar-refractivity contribution in [2.24, 2.45) is 0 Å². The summed E-state index contributed by atoms with van der Waals surface area (Å²) in [6, 6.07) is 8.67. The molecule has 0 radical (unpaired) electrons. The molecule has 2 aromatic heterocycles. The Morgan fingerprint density at radius 1 is 1.00 bits per heavy atom. The first-order valence-electron chi connectivity index (χ1n) is 6.27. The highest BCUT2D eigenvalue weighted by atomic mass is 79.9. The molecule has 0 fully saturated rings. The van der Waals surface area contributed by atoms with Crippen LogP contribution in [0.4, 0.5) is 0 Å². The minimum atomic E-state index is -0.321. The highest BCUT2D eigenvalue weighted by Crippen LogP contribution is 2.25. The van der Waals surface area contributed by atoms with Gasteiger partial charge < -0.3 is 0 Å². The zero-order chi connectivity index (χ0) is 14.9. The third-order valence-electron chi connectivity index (χ3n) is 3.71. The standard InChI is InChI=1S/C15H8BrClN2O2/c1-7-4-8(16)5-11-13(7)18-12-6-9(17)2-3-10(12)14(20)19(18)15(11)21/h2-6H,1H3. The summed E-state index contributed by atoms with van der Waals surface area (Å²) >= 11 is 9.43. The molecule has 0 bridgehead atoms. The molecule has 21 heavy (non-hydrogen) atoms. The van der Waals surface area contributed by atoms with Crippen LogP contribution in [-0.2, 0) is 0 Å². The summed E-state index contributed by atoms with van der Waals surface area (Å²) in [7, 11) is 0. The van der Waals surface area contributed by atoms with E-state index in [2.05, 4.69) is 15.9 Å². The van der Waals surface area contributed by atoms with Crippen molar-refractivity contribution in [1.29, 1.82) is 0 Å². The zero-order valence-electron chi connectivity index (χ0n) is 10.9. The molecule has 0 saturated carbocycles. The van der Waals surface area contributed by atoms with Gasteiger partial charge in [0, 0.05) is 9.50 Å². The average Bonchev–Trinajstić information content (AvgIpc) is 2.86. The largest absolute Gasteiger partial charge is 0.282 e. The highest BCUT2D eigenvalue weighted by Gasteiger charge is 2.19. The van der Waals surface area contributed by atoms with Gasteiger partial charge in [-0.15, -0.1) is 0 Å². The molecule has 0 atom stereocenters. The van der Waals surface area contributed by atoms with Crippen molar-refractivity contribution in [3.05, 3.63) is 66.1 Å². The normalized spacial score (nSPS) is 12.0. The van der Waals surface area contributed by atoms with Crippen LogP contribution < -0.4 is 11.1 Å². The molecule has 0 unspecified atom stereocenters. The summed E-state index contributed by atoms with van der Waals surface area (Å²) in [6.45, 7) is 1.91. The van der Waals surface area contributed by atoms with Crippen molar-refractivity contribution in [2.75, 3.05) is 0 Å². The van der Waals surface area contributed by atoms with Crippen molar-refractivity contribution < 1.29 is 0 Å². The number of hydrogen-bond donors (Lipinski definition) is 0. The zero-order valence-corrected chi connectivity index (χ0v) is 13.2. The summed E-state index contributed by atoms with van der Waals surface area (Å²) in [5.41, 5.74) is 1.66. The first kappa shape index (κ1) is 12.9. The first-order chi connectivity index (χ1) is 9.99. The van der Waals surface area contributed by atoms with Gasteiger partial charge in [0.1, 0.15) is 0 Å². The van der Waals surface area contributed by atoms with E-state index in [9.17, 15) is 9.59 Å². The monoisotopic (exact) mass is 362 g/mol. The van der Waals surface area contributed by atoms with E-state index in [4.69, 9.17) is 11.6 Å². The van der Waals surface area contributed by atoms with Gasteiger partial charge in [-0.1, -0.05) is 27.5 Å². The Labute approximate surface area is 131 Å². The molecule has 0 aliphatic heterocycles. The number of nitrogens with zero attached hydrogens (tertiary/aromatic N) is 2. The second-order valence-electron chi connectivity index (χ2n) is 5.01. The summed E-state index contributed by atoms with van der Waals surface area (Å²) in [4.78, 5) is 25.0. The van der Waals surface area contributed by atoms with Crippen molar-refractivity contribution in [1.82, 2.24) is 9.03 Å². The molecule has 2 heterocycles. The summed E-state index contributed by atoms with van der Waals surface area (Å²) < 4.78 is 3.64. The van der Waals surface area contributed by atoms with Gasteiger partial charge in [0.05, 0.1) is 21.8 Å². The summed E-state index contributed by atoms with van der Waals surface area (Å²) in [5, 5.41) is 1.53. The van der Waals surface area contributed by atoms with E-state index in [1.807, 2.05) is 13.0 Å². The Morgan fingerprint density at radius 2 is 1.71 bits per heavy atom. The molecule has 2 aromatic carbocycles. The molecular weight excluding hydrogens is 356 g/mol. The summed E-state index contributed by atoms with van der Waals surface area (Å²) in [6.07, 6.45) is 0. The predicted octanol–water partition coefficient (Wildman–Crippen LogP) is 3.23. The SMILES string of the molecule is Cc1cc(Br)cc2c(=O)n3c(=O)c4ccc(Cl)cc4n3c12. The molecule has 0 aliphatic carbocycles. The maximum atomic E-state index is 12.6. The van der Waals surface area contributed by atoms with Crippen molar-refractivity contribution in [2.45, 2.75) is 6.92 Å². The highest BCUT2D eigenvalue weighted by molar-refractivity contribution is 9.10. The number of rotatable bonds is 0. The average molecular weight is 364 g/mol. The Bertz CT molecular complexity index is 1160. The minimum absolute atomic E-state index is 0.313. The van der Waals surface area contributed by atoms with Crippen LogP contribution in [0.3, 0.4) is 0 Å². The fourth-order valence-corrected chi connectivity index (χ4v) is 3.61. The fourth-order valence-electron chi connectivity index (χ4n) is 2.87. The number of halogens is 2. The van der Waals surface area contributed by atoms with Crippen molar-refractivity contribution in [3.63, 3.8) is 0 Å². The van der Waals surface area contributed by atoms with E-state index in [0.29, 0.717) is 21.3 Å². The smallest absolute Gasteiger partial charge is 0.267 e. The maximum absolute atomic E-state index is 12.6. The third-order valence-corrected chi connectivity index (χ3v) is 4.40. The van der Waals surface area contributed by atoms with Crippen LogP contribution in [0.25, 0.3) is 21.8 Å². The van der Waals surface area contributed by atoms with Gasteiger partial charge in [-0.05, 0) is 42.8 Å². The number of hydrogen-bond acceptors (Lipinski definition) is 2. The van der Waals surface area contributed by atoms with Crippen LogP contribution in [0.2, 0.25) is 5.02 Å². The van der Waals surface area contributed by atoms with E-state index in [-0.39, 0.29) is 11.1 Å². The Kier molecular flexibility index (Phi) is 2.50. The number of aromatic nitrogens is 2. The fraction of sp³-hybridized carbons (Fsp3) is 0.0667. The van der Waals surface area contributed by atoms with E-state index in [0.717, 1.165) is 15.6 Å². The minimum Gasteiger partial charge on any atom is -0.267 e. The van der Waals surface area contributed by atoms with Crippen LogP contribution in [0, 0.1) is 6.92 Å². The molecular formula is C15H8BrClN2O2. The lowest BCUT2D eigenvalue weighted by atomic mass is 10.1. The Hall–Kier alpha value is -1.85. The Balaban J connectivity index is 2.47. The van der Waals surface area contributed by atoms with Crippen LogP contribution in [0.1, 0.15) is 5.56 Å². The molecule has 4 aromatic rings. The molecule has 6 heteroatoms. The van der Waals surface area contributed by atoms with Gasteiger partial charge in [0.2, 0.25) is 0 Å². The van der Waals surface area contributed by atoms with E-state index < -0.39 is 0 Å². The van der Waals surface area contributed by atoms with Crippen LogP contribution in [-0.4, -0.2) is 9.03 Å². The molecule has 0 aliphatic rings. The maximum Gasteiger partial charge on any atom is 0.282 e. The van der Waals surface area contributed by atoms with Crippen LogP contribution >= 0.6 is 27.5 Å². The lowest BCUT2D eigenvalue weighted by molar-refractivity contribution is 0.840. The van der Waals surface area contributed by atoms with Crippen LogP contribution in [0.15, 0.2) is 44.4 Å². The van der Waals surface area contributed by atoms with Gasteiger partial charge >= 0.3 is 0 Å². The van der Waals surface area contributed by atoms with E-state index >= 15 is 0 Å². The molecule has 0 spiro atoms. The lowest BCUT2D eigenvalue weighted by Crippen LogP contribution is -2.21. The molecule has 0 N–H and O–H groups in total. The second-order valence-corrected chi connectivity index (χ2v) is 6.37. The number of fused-ring (bicyclic) bond motifs is 5. The number of aryl methyl sites for hydroxylation is 1. The molecule has 4 rings (SSSR count). The van der Waals surface area contributed by atoms with Gasteiger partial charge in [-0.2, -0.15) is 4.52 Å². The third kappa shape index (κ3) is 1.56.